The number of nitrogens with one attached hydrogen (secondary N) is 1. The van der Waals surface area contributed by atoms with Crippen molar-refractivity contribution in [2.75, 3.05) is 6.61 Å². The molecule has 1 fully saturated rings. The maximum absolute atomic E-state index is 12.7. The number of aryl methyl sites for hydroxylation is 1. The normalized spacial score (nSPS) is 28.4. The van der Waals surface area contributed by atoms with Crippen LogP contribution >= 0.6 is 0 Å². The van der Waals surface area contributed by atoms with Crippen LogP contribution in [0, 0.1) is 12.8 Å². The zero-order chi connectivity index (χ0) is 22.5. The molecule has 5 rings (SSSR count). The molecule has 8 nitrogen and oxygen atoms in total. The molecule has 168 valence electrons. The van der Waals surface area contributed by atoms with Gasteiger partial charge >= 0.3 is 0 Å². The highest BCUT2D eigenvalue weighted by molar-refractivity contribution is 5.92. The van der Waals surface area contributed by atoms with Crippen LogP contribution in [-0.4, -0.2) is 40.6 Å². The zero-order valence-electron chi connectivity index (χ0n) is 18.7. The van der Waals surface area contributed by atoms with Gasteiger partial charge in [-0.1, -0.05) is 19.9 Å². The lowest BCUT2D eigenvalue weighted by Gasteiger charge is -2.48. The second-order valence-electron chi connectivity index (χ2n) is 9.36. The van der Waals surface area contributed by atoms with Gasteiger partial charge in [-0.05, 0) is 49.8 Å². The quantitative estimate of drug-likeness (QED) is 0.767. The molecule has 3 aliphatic rings. The van der Waals surface area contributed by atoms with Crippen molar-refractivity contribution in [1.82, 2.24) is 15.3 Å². The number of benzene rings is 1. The number of nitrogens with two attached hydrogens (primary N) is 1. The van der Waals surface area contributed by atoms with E-state index in [0.29, 0.717) is 18.2 Å². The summed E-state index contributed by atoms with van der Waals surface area (Å²) in [5.74, 6) is 1.07. The first-order valence-corrected chi connectivity index (χ1v) is 11.2. The SMILES string of the molecule is Cc1cnc(C(=O)NC2CCC3Oc4ccc(C(C)C)cc4C4(COC(N)=N4)C3C2)cn1. The Morgan fingerprint density at radius 1 is 1.25 bits per heavy atom. The molecule has 2 aliphatic heterocycles. The summed E-state index contributed by atoms with van der Waals surface area (Å²) in [4.78, 5) is 26.0. The Morgan fingerprint density at radius 3 is 2.78 bits per heavy atom. The number of hydrogen-bond acceptors (Lipinski definition) is 7. The summed E-state index contributed by atoms with van der Waals surface area (Å²) >= 11 is 0. The minimum atomic E-state index is -0.597. The van der Waals surface area contributed by atoms with Crippen LogP contribution in [0.25, 0.3) is 0 Å². The van der Waals surface area contributed by atoms with E-state index < -0.39 is 5.54 Å². The highest BCUT2D eigenvalue weighted by atomic mass is 16.5. The third-order valence-electron chi connectivity index (χ3n) is 6.91. The van der Waals surface area contributed by atoms with Gasteiger partial charge in [0.05, 0.1) is 11.9 Å². The number of ether oxygens (including phenoxy) is 2. The van der Waals surface area contributed by atoms with Gasteiger partial charge in [0.2, 0.25) is 0 Å². The molecule has 0 saturated heterocycles. The van der Waals surface area contributed by atoms with E-state index in [1.165, 1.54) is 11.8 Å². The molecular formula is C24H29N5O3. The molecule has 32 heavy (non-hydrogen) atoms. The monoisotopic (exact) mass is 435 g/mol. The van der Waals surface area contributed by atoms with E-state index in [2.05, 4.69) is 47.3 Å². The standard InChI is InChI=1S/C24H29N5O3/c1-13(2)15-4-6-20-17(8-15)24(12-31-23(25)29-24)18-9-16(5-7-21(18)32-20)28-22(30)19-11-26-14(3)10-27-19/h4,6,8,10-11,13,16,18,21H,5,7,9,12H2,1-3H3,(H2,25,29)(H,28,30). The first-order chi connectivity index (χ1) is 15.4. The van der Waals surface area contributed by atoms with Crippen LogP contribution in [0.4, 0.5) is 0 Å². The number of carbonyl (C=O) groups excluding carboxylic acids is 1. The first kappa shape index (κ1) is 20.7. The molecule has 1 spiro atoms. The molecule has 4 atom stereocenters. The van der Waals surface area contributed by atoms with E-state index >= 15 is 0 Å². The third-order valence-corrected chi connectivity index (χ3v) is 6.91. The lowest BCUT2D eigenvalue weighted by molar-refractivity contribution is -0.00197. The first-order valence-electron chi connectivity index (χ1n) is 11.2. The van der Waals surface area contributed by atoms with Gasteiger partial charge in [-0.3, -0.25) is 9.78 Å². The van der Waals surface area contributed by atoms with Crippen LogP contribution in [0.15, 0.2) is 35.6 Å². The lowest BCUT2D eigenvalue weighted by atomic mass is 9.67. The second kappa shape index (κ2) is 7.76. The highest BCUT2D eigenvalue weighted by Gasteiger charge is 2.55. The van der Waals surface area contributed by atoms with Gasteiger partial charge in [-0.2, -0.15) is 0 Å². The van der Waals surface area contributed by atoms with E-state index in [-0.39, 0.29) is 30.0 Å². The van der Waals surface area contributed by atoms with Gasteiger partial charge < -0.3 is 20.5 Å². The van der Waals surface area contributed by atoms with E-state index in [0.717, 1.165) is 36.3 Å². The summed E-state index contributed by atoms with van der Waals surface area (Å²) in [7, 11) is 0. The Morgan fingerprint density at radius 2 is 2.09 bits per heavy atom. The molecule has 3 N–H and O–H groups in total. The summed E-state index contributed by atoms with van der Waals surface area (Å²) < 4.78 is 12.2. The molecule has 4 unspecified atom stereocenters. The van der Waals surface area contributed by atoms with E-state index in [4.69, 9.17) is 20.2 Å². The van der Waals surface area contributed by atoms with Crippen molar-refractivity contribution in [3.8, 4) is 5.75 Å². The number of amidine groups is 1. The number of carbonyl (C=O) groups is 1. The molecule has 3 heterocycles. The van der Waals surface area contributed by atoms with Gasteiger partial charge in [0.1, 0.15) is 29.7 Å². The van der Waals surface area contributed by atoms with Crippen molar-refractivity contribution in [3.05, 3.63) is 53.1 Å². The van der Waals surface area contributed by atoms with Crippen LogP contribution in [0.2, 0.25) is 0 Å². The van der Waals surface area contributed by atoms with E-state index in [1.54, 1.807) is 6.20 Å². The molecule has 1 saturated carbocycles. The van der Waals surface area contributed by atoms with Crippen molar-refractivity contribution >= 4 is 11.9 Å². The molecule has 1 aromatic heterocycles. The Balaban J connectivity index is 1.44. The van der Waals surface area contributed by atoms with Crippen LogP contribution in [0.3, 0.4) is 0 Å². The maximum Gasteiger partial charge on any atom is 0.283 e. The highest BCUT2D eigenvalue weighted by Crippen LogP contribution is 2.52. The number of aromatic nitrogens is 2. The summed E-state index contributed by atoms with van der Waals surface area (Å²) in [6.07, 6.45) is 5.48. The number of nitrogens with zero attached hydrogens (tertiary/aromatic N) is 3. The van der Waals surface area contributed by atoms with Crippen LogP contribution in [0.5, 0.6) is 5.75 Å². The summed E-state index contributed by atoms with van der Waals surface area (Å²) in [5.41, 5.74) is 8.78. The molecule has 1 amide bonds. The third kappa shape index (κ3) is 3.47. The van der Waals surface area contributed by atoms with Crippen molar-refractivity contribution in [3.63, 3.8) is 0 Å². The summed E-state index contributed by atoms with van der Waals surface area (Å²) in [5, 5.41) is 3.14. The van der Waals surface area contributed by atoms with Crippen molar-refractivity contribution in [2.45, 2.75) is 63.6 Å². The number of rotatable bonds is 3. The van der Waals surface area contributed by atoms with Gasteiger partial charge in [0.25, 0.3) is 11.9 Å². The number of hydrogen-bond donors (Lipinski definition) is 2. The van der Waals surface area contributed by atoms with Crippen molar-refractivity contribution in [2.24, 2.45) is 16.6 Å². The van der Waals surface area contributed by atoms with Gasteiger partial charge in [-0.15, -0.1) is 0 Å². The summed E-state index contributed by atoms with van der Waals surface area (Å²) in [6, 6.07) is 6.56. The average molecular weight is 436 g/mol. The molecule has 1 aliphatic carbocycles. The average Bonchev–Trinajstić information content (AvgIpc) is 3.17. The topological polar surface area (TPSA) is 112 Å². The fourth-order valence-corrected chi connectivity index (χ4v) is 5.17. The molecule has 8 heteroatoms. The number of amides is 1. The van der Waals surface area contributed by atoms with Gasteiger partial charge in [0, 0.05) is 23.7 Å². The maximum atomic E-state index is 12.7. The second-order valence-corrected chi connectivity index (χ2v) is 9.36. The largest absolute Gasteiger partial charge is 0.490 e. The molecule has 0 radical (unpaired) electrons. The van der Waals surface area contributed by atoms with Crippen LogP contribution in [-0.2, 0) is 10.3 Å². The van der Waals surface area contributed by atoms with Gasteiger partial charge in [-0.25, -0.2) is 9.98 Å². The smallest absolute Gasteiger partial charge is 0.283 e. The Hall–Kier alpha value is -3.16. The van der Waals surface area contributed by atoms with E-state index in [9.17, 15) is 4.79 Å². The number of aliphatic imine (C=N–C) groups is 1. The van der Waals surface area contributed by atoms with Gasteiger partial charge in [0.15, 0.2) is 0 Å². The molecular weight excluding hydrogens is 406 g/mol. The number of fused-ring (bicyclic) bond motifs is 4. The summed E-state index contributed by atoms with van der Waals surface area (Å²) in [6.45, 7) is 6.58. The minimum Gasteiger partial charge on any atom is -0.490 e. The van der Waals surface area contributed by atoms with Crippen LogP contribution in [0.1, 0.15) is 66.3 Å². The molecule has 0 bridgehead atoms. The van der Waals surface area contributed by atoms with Crippen LogP contribution < -0.4 is 15.8 Å². The predicted molar refractivity (Wildman–Crippen MR) is 120 cm³/mol. The zero-order valence-corrected chi connectivity index (χ0v) is 18.7. The Bertz CT molecular complexity index is 1070. The lowest BCUT2D eigenvalue weighted by Crippen LogP contribution is -2.54. The minimum absolute atomic E-state index is 0.00188. The molecule has 1 aromatic carbocycles. The fraction of sp³-hybridized carbons (Fsp3) is 0.500. The fourth-order valence-electron chi connectivity index (χ4n) is 5.17. The Kier molecular flexibility index (Phi) is 5.03. The molecule has 2 aromatic rings. The van der Waals surface area contributed by atoms with Crippen molar-refractivity contribution < 1.29 is 14.3 Å². The predicted octanol–water partition coefficient (Wildman–Crippen LogP) is 2.81. The Labute approximate surface area is 187 Å². The van der Waals surface area contributed by atoms with E-state index in [1.807, 2.05) is 6.92 Å². The van der Waals surface area contributed by atoms with Crippen molar-refractivity contribution in [1.29, 1.82) is 0 Å².